The lowest BCUT2D eigenvalue weighted by atomic mass is 10.00. The minimum Gasteiger partial charge on any atom is -0.368 e. The first-order valence-corrected chi connectivity index (χ1v) is 8.91. The summed E-state index contributed by atoms with van der Waals surface area (Å²) in [4.78, 5) is 6.77. The summed E-state index contributed by atoms with van der Waals surface area (Å²) in [5, 5.41) is 16.7. The highest BCUT2D eigenvalue weighted by molar-refractivity contribution is 5.67. The van der Waals surface area contributed by atoms with E-state index < -0.39 is 0 Å². The molecule has 128 valence electrons. The number of nitrogens with one attached hydrogen (secondary N) is 1. The lowest BCUT2D eigenvalue weighted by molar-refractivity contribution is 0.425. The van der Waals surface area contributed by atoms with Gasteiger partial charge in [-0.25, -0.2) is 9.50 Å². The summed E-state index contributed by atoms with van der Waals surface area (Å²) >= 11 is 0. The molecule has 0 spiro atoms. The van der Waals surface area contributed by atoms with Crippen molar-refractivity contribution in [3.05, 3.63) is 41.5 Å². The summed E-state index contributed by atoms with van der Waals surface area (Å²) in [5.74, 6) is 2.53. The van der Waals surface area contributed by atoms with Crippen LogP contribution >= 0.6 is 0 Å². The maximum atomic E-state index is 4.46. The van der Waals surface area contributed by atoms with Gasteiger partial charge in [0.1, 0.15) is 5.52 Å². The maximum absolute atomic E-state index is 4.46. The Kier molecular flexibility index (Phi) is 3.33. The number of hydrogen-bond donors (Lipinski definition) is 1. The number of anilines is 2. The van der Waals surface area contributed by atoms with Crippen LogP contribution in [0.2, 0.25) is 0 Å². The Morgan fingerprint density at radius 2 is 2.12 bits per heavy atom. The Bertz CT molecular complexity index is 926. The normalized spacial score (nSPS) is 16.9. The molecule has 0 atom stereocenters. The predicted molar refractivity (Wildman–Crippen MR) is 96.0 cm³/mol. The van der Waals surface area contributed by atoms with Gasteiger partial charge >= 0.3 is 0 Å². The molecule has 1 aliphatic heterocycles. The molecule has 0 amide bonds. The summed E-state index contributed by atoms with van der Waals surface area (Å²) in [6.07, 6.45) is 7.12. The van der Waals surface area contributed by atoms with Crippen LogP contribution in [0.1, 0.15) is 23.4 Å². The van der Waals surface area contributed by atoms with Gasteiger partial charge < -0.3 is 10.2 Å². The van der Waals surface area contributed by atoms with Crippen LogP contribution in [0.15, 0.2) is 24.5 Å². The molecule has 1 N–H and O–H groups in total. The quantitative estimate of drug-likeness (QED) is 0.785. The Morgan fingerprint density at radius 3 is 3.04 bits per heavy atom. The third kappa shape index (κ3) is 2.59. The number of aromatic nitrogens is 5. The molecule has 2 aliphatic rings. The van der Waals surface area contributed by atoms with E-state index in [1.165, 1.54) is 17.7 Å². The molecule has 1 saturated heterocycles. The minimum atomic E-state index is 0.598. The first kappa shape index (κ1) is 14.6. The molecule has 5 rings (SSSR count). The van der Waals surface area contributed by atoms with Gasteiger partial charge in [-0.3, -0.25) is 0 Å². The highest BCUT2D eigenvalue weighted by Gasteiger charge is 2.29. The molecular weight excluding hydrogens is 314 g/mol. The third-order valence-corrected chi connectivity index (χ3v) is 5.16. The van der Waals surface area contributed by atoms with E-state index in [1.54, 1.807) is 6.20 Å². The fraction of sp³-hybridized carbons (Fsp3) is 0.444. The molecule has 0 radical (unpaired) electrons. The van der Waals surface area contributed by atoms with E-state index in [0.717, 1.165) is 55.3 Å². The Morgan fingerprint density at radius 1 is 1.20 bits per heavy atom. The lowest BCUT2D eigenvalue weighted by Crippen LogP contribution is -2.50. The fourth-order valence-corrected chi connectivity index (χ4v) is 3.78. The first-order valence-electron chi connectivity index (χ1n) is 8.91. The zero-order chi connectivity index (χ0) is 16.8. The van der Waals surface area contributed by atoms with Crippen molar-refractivity contribution in [1.82, 2.24) is 24.8 Å². The molecule has 0 unspecified atom stereocenters. The van der Waals surface area contributed by atoms with Crippen molar-refractivity contribution in [1.29, 1.82) is 0 Å². The van der Waals surface area contributed by atoms with Gasteiger partial charge in [-0.05, 0) is 43.9 Å². The van der Waals surface area contributed by atoms with Crippen molar-refractivity contribution in [2.75, 3.05) is 29.9 Å². The number of rotatable bonds is 4. The highest BCUT2D eigenvalue weighted by Crippen LogP contribution is 2.27. The lowest BCUT2D eigenvalue weighted by Gasteiger charge is -2.40. The van der Waals surface area contributed by atoms with E-state index in [9.17, 15) is 0 Å². The third-order valence-electron chi connectivity index (χ3n) is 5.16. The minimum absolute atomic E-state index is 0.598. The van der Waals surface area contributed by atoms with E-state index in [0.29, 0.717) is 5.92 Å². The average molecular weight is 335 g/mol. The second-order valence-corrected chi connectivity index (χ2v) is 7.07. The number of hydrogen-bond acceptors (Lipinski definition) is 6. The molecule has 4 heterocycles. The van der Waals surface area contributed by atoms with Gasteiger partial charge in [0.15, 0.2) is 11.6 Å². The summed E-state index contributed by atoms with van der Waals surface area (Å²) in [7, 11) is 0. The molecule has 1 fully saturated rings. The standard InChI is InChI=1S/C18H21N7/c1-12-7-16-18(19-5-6-25(16)23-12)20-9-13-10-24(11-13)17-8-14-3-2-4-15(14)21-22-17/h5-8,13H,2-4,9-11H2,1H3,(H,19,20). The summed E-state index contributed by atoms with van der Waals surface area (Å²) in [6.45, 7) is 4.94. The van der Waals surface area contributed by atoms with Gasteiger partial charge in [-0.1, -0.05) is 0 Å². The van der Waals surface area contributed by atoms with Crippen molar-refractivity contribution in [2.24, 2.45) is 5.92 Å². The summed E-state index contributed by atoms with van der Waals surface area (Å²) in [5.41, 5.74) is 4.61. The molecule has 7 heteroatoms. The van der Waals surface area contributed by atoms with Gasteiger partial charge in [0.25, 0.3) is 0 Å². The second kappa shape index (κ2) is 5.68. The Labute approximate surface area is 146 Å². The Balaban J connectivity index is 1.21. The monoisotopic (exact) mass is 335 g/mol. The van der Waals surface area contributed by atoms with Crippen LogP contribution in [-0.4, -0.2) is 44.4 Å². The average Bonchev–Trinajstić information content (AvgIpc) is 3.18. The van der Waals surface area contributed by atoms with E-state index in [4.69, 9.17) is 0 Å². The van der Waals surface area contributed by atoms with Gasteiger partial charge in [0, 0.05) is 37.9 Å². The van der Waals surface area contributed by atoms with Crippen LogP contribution in [0.5, 0.6) is 0 Å². The molecule has 3 aromatic rings. The number of aryl methyl sites for hydroxylation is 3. The molecule has 0 aromatic carbocycles. The van der Waals surface area contributed by atoms with Gasteiger partial charge in [-0.15, -0.1) is 5.10 Å². The van der Waals surface area contributed by atoms with Gasteiger partial charge in [0.05, 0.1) is 11.4 Å². The van der Waals surface area contributed by atoms with Crippen molar-refractivity contribution in [2.45, 2.75) is 26.2 Å². The number of fused-ring (bicyclic) bond motifs is 2. The molecule has 3 aromatic heterocycles. The molecule has 0 saturated carbocycles. The van der Waals surface area contributed by atoms with Crippen molar-refractivity contribution < 1.29 is 0 Å². The van der Waals surface area contributed by atoms with E-state index in [-0.39, 0.29) is 0 Å². The molecule has 1 aliphatic carbocycles. The topological polar surface area (TPSA) is 71.2 Å². The first-order chi connectivity index (χ1) is 12.3. The zero-order valence-corrected chi connectivity index (χ0v) is 14.3. The fourth-order valence-electron chi connectivity index (χ4n) is 3.78. The van der Waals surface area contributed by atoms with Crippen molar-refractivity contribution >= 4 is 17.2 Å². The molecular formula is C18H21N7. The van der Waals surface area contributed by atoms with Crippen molar-refractivity contribution in [3.63, 3.8) is 0 Å². The molecule has 0 bridgehead atoms. The zero-order valence-electron chi connectivity index (χ0n) is 14.3. The van der Waals surface area contributed by atoms with Gasteiger partial charge in [-0.2, -0.15) is 10.2 Å². The Hall–Kier alpha value is -2.70. The van der Waals surface area contributed by atoms with Crippen LogP contribution < -0.4 is 10.2 Å². The number of nitrogens with zero attached hydrogens (tertiary/aromatic N) is 6. The summed E-state index contributed by atoms with van der Waals surface area (Å²) in [6, 6.07) is 4.29. The van der Waals surface area contributed by atoms with Crippen molar-refractivity contribution in [3.8, 4) is 0 Å². The molecule has 25 heavy (non-hydrogen) atoms. The van der Waals surface area contributed by atoms with E-state index in [1.807, 2.05) is 17.6 Å². The van der Waals surface area contributed by atoms with Crippen LogP contribution in [-0.2, 0) is 12.8 Å². The van der Waals surface area contributed by atoms with Gasteiger partial charge in [0.2, 0.25) is 0 Å². The maximum Gasteiger partial charge on any atom is 0.152 e. The highest BCUT2D eigenvalue weighted by atomic mass is 15.3. The second-order valence-electron chi connectivity index (χ2n) is 7.07. The van der Waals surface area contributed by atoms with Crippen LogP contribution in [0.25, 0.3) is 5.52 Å². The largest absolute Gasteiger partial charge is 0.368 e. The SMILES string of the molecule is Cc1cc2c(NCC3CN(c4cc5c(nn4)CCC5)C3)nccn2n1. The van der Waals surface area contributed by atoms with E-state index in [2.05, 4.69) is 42.6 Å². The predicted octanol–water partition coefficient (Wildman–Crippen LogP) is 1.86. The summed E-state index contributed by atoms with van der Waals surface area (Å²) < 4.78 is 1.87. The van der Waals surface area contributed by atoms with E-state index >= 15 is 0 Å². The van der Waals surface area contributed by atoms with Crippen LogP contribution in [0, 0.1) is 12.8 Å². The molecule has 7 nitrogen and oxygen atoms in total. The van der Waals surface area contributed by atoms with Crippen LogP contribution in [0.3, 0.4) is 0 Å². The van der Waals surface area contributed by atoms with Crippen LogP contribution in [0.4, 0.5) is 11.6 Å². The smallest absolute Gasteiger partial charge is 0.152 e.